The third-order valence-electron chi connectivity index (χ3n) is 4.88. The maximum Gasteiger partial charge on any atom is 0.269 e. The van der Waals surface area contributed by atoms with E-state index >= 15 is 0 Å². The highest BCUT2D eigenvalue weighted by atomic mass is 79.9. The van der Waals surface area contributed by atoms with Crippen LogP contribution in [0.3, 0.4) is 0 Å². The Morgan fingerprint density at radius 2 is 1.91 bits per heavy atom. The molecule has 0 spiro atoms. The van der Waals surface area contributed by atoms with Crippen LogP contribution in [0.1, 0.15) is 11.1 Å². The standard InChI is InChI=1S/C24H17BrClN3O4S/c1-28-23(30)22(34-24(28)27-17-8-11-19(25)20(26)13-17)12-16-4-2-3-5-21(16)33-14-15-6-9-18(10-7-15)29(31)32/h2-13H,14H2,1H3/b22-12-,27-24?. The second-order valence-electron chi connectivity index (χ2n) is 7.22. The molecule has 0 radical (unpaired) electrons. The van der Waals surface area contributed by atoms with Gasteiger partial charge in [0.1, 0.15) is 12.4 Å². The number of likely N-dealkylation sites (N-methyl/N-ethyl adjacent to an activating group) is 1. The van der Waals surface area contributed by atoms with Gasteiger partial charge in [0.05, 0.1) is 20.5 Å². The molecule has 3 aromatic rings. The third-order valence-corrected chi connectivity index (χ3v) is 7.17. The Bertz CT molecular complexity index is 1330. The van der Waals surface area contributed by atoms with Crippen molar-refractivity contribution in [2.75, 3.05) is 7.05 Å². The lowest BCUT2D eigenvalue weighted by molar-refractivity contribution is -0.384. The van der Waals surface area contributed by atoms with E-state index in [0.29, 0.717) is 26.5 Å². The number of rotatable bonds is 6. The van der Waals surface area contributed by atoms with E-state index in [-0.39, 0.29) is 18.2 Å². The number of hydrogen-bond acceptors (Lipinski definition) is 6. The molecular weight excluding hydrogens is 542 g/mol. The number of para-hydroxylation sites is 1. The number of amidine groups is 1. The summed E-state index contributed by atoms with van der Waals surface area (Å²) in [5.74, 6) is 0.423. The van der Waals surface area contributed by atoms with Gasteiger partial charge in [-0.05, 0) is 75.7 Å². The van der Waals surface area contributed by atoms with Gasteiger partial charge in [-0.1, -0.05) is 29.8 Å². The van der Waals surface area contributed by atoms with E-state index in [1.54, 1.807) is 37.4 Å². The maximum absolute atomic E-state index is 12.8. The predicted octanol–water partition coefficient (Wildman–Crippen LogP) is 6.82. The van der Waals surface area contributed by atoms with Gasteiger partial charge in [0.15, 0.2) is 5.17 Å². The van der Waals surface area contributed by atoms with Crippen LogP contribution < -0.4 is 4.74 Å². The number of nitro benzene ring substituents is 1. The van der Waals surface area contributed by atoms with Crippen LogP contribution >= 0.6 is 39.3 Å². The fraction of sp³-hybridized carbons (Fsp3) is 0.0833. The molecule has 0 unspecified atom stereocenters. The Morgan fingerprint density at radius 3 is 2.62 bits per heavy atom. The molecule has 0 aromatic heterocycles. The fourth-order valence-electron chi connectivity index (χ4n) is 3.06. The summed E-state index contributed by atoms with van der Waals surface area (Å²) in [5, 5.41) is 11.9. The van der Waals surface area contributed by atoms with Gasteiger partial charge in [0.25, 0.3) is 11.6 Å². The SMILES string of the molecule is CN1C(=O)/C(=C/c2ccccc2OCc2ccc([N+](=O)[O-])cc2)SC1=Nc1ccc(Br)c(Cl)c1. The van der Waals surface area contributed by atoms with Gasteiger partial charge in [0, 0.05) is 29.2 Å². The van der Waals surface area contributed by atoms with Gasteiger partial charge < -0.3 is 4.74 Å². The number of hydrogen-bond donors (Lipinski definition) is 0. The molecule has 10 heteroatoms. The van der Waals surface area contributed by atoms with Crippen LogP contribution in [0.5, 0.6) is 5.75 Å². The summed E-state index contributed by atoms with van der Waals surface area (Å²) in [6.45, 7) is 0.232. The normalized spacial score (nSPS) is 15.9. The summed E-state index contributed by atoms with van der Waals surface area (Å²) in [5.41, 5.74) is 2.20. The molecule has 0 aliphatic carbocycles. The lowest BCUT2D eigenvalue weighted by Gasteiger charge is -2.10. The first-order chi connectivity index (χ1) is 16.3. The summed E-state index contributed by atoms with van der Waals surface area (Å²) < 4.78 is 6.72. The quantitative estimate of drug-likeness (QED) is 0.188. The second kappa shape index (κ2) is 10.4. The lowest BCUT2D eigenvalue weighted by atomic mass is 10.1. The topological polar surface area (TPSA) is 85.0 Å². The highest BCUT2D eigenvalue weighted by Crippen LogP contribution is 2.36. The zero-order chi connectivity index (χ0) is 24.2. The summed E-state index contributed by atoms with van der Waals surface area (Å²) in [6, 6.07) is 18.9. The molecule has 0 bridgehead atoms. The Balaban J connectivity index is 1.53. The van der Waals surface area contributed by atoms with Crippen molar-refractivity contribution in [3.8, 4) is 5.75 Å². The predicted molar refractivity (Wildman–Crippen MR) is 138 cm³/mol. The summed E-state index contributed by atoms with van der Waals surface area (Å²) in [6.07, 6.45) is 1.77. The molecule has 3 aromatic carbocycles. The second-order valence-corrected chi connectivity index (χ2v) is 9.49. The highest BCUT2D eigenvalue weighted by Gasteiger charge is 2.30. The average molecular weight is 559 g/mol. The number of nitrogens with zero attached hydrogens (tertiary/aromatic N) is 3. The molecule has 0 atom stereocenters. The van der Waals surface area contributed by atoms with Crippen LogP contribution in [0.4, 0.5) is 11.4 Å². The molecule has 7 nitrogen and oxygen atoms in total. The van der Waals surface area contributed by atoms with Crippen molar-refractivity contribution in [1.29, 1.82) is 0 Å². The molecule has 1 fully saturated rings. The van der Waals surface area contributed by atoms with E-state index in [2.05, 4.69) is 20.9 Å². The molecule has 1 heterocycles. The Hall–Kier alpha value is -3.14. The number of carbonyl (C=O) groups excluding carboxylic acids is 1. The minimum absolute atomic E-state index is 0.0256. The largest absolute Gasteiger partial charge is 0.488 e. The van der Waals surface area contributed by atoms with E-state index < -0.39 is 4.92 Å². The molecule has 172 valence electrons. The fourth-order valence-corrected chi connectivity index (χ4v) is 4.46. The molecule has 1 aliphatic rings. The van der Waals surface area contributed by atoms with Crippen molar-refractivity contribution < 1.29 is 14.5 Å². The van der Waals surface area contributed by atoms with E-state index in [1.807, 2.05) is 30.3 Å². The number of benzene rings is 3. The minimum atomic E-state index is -0.442. The zero-order valence-electron chi connectivity index (χ0n) is 17.8. The molecule has 0 saturated carbocycles. The maximum atomic E-state index is 12.8. The van der Waals surface area contributed by atoms with Crippen LogP contribution in [0.25, 0.3) is 6.08 Å². The smallest absolute Gasteiger partial charge is 0.269 e. The van der Waals surface area contributed by atoms with Crippen molar-refractivity contribution in [1.82, 2.24) is 4.90 Å². The Labute approximate surface area is 213 Å². The molecule has 1 aliphatic heterocycles. The van der Waals surface area contributed by atoms with Gasteiger partial charge >= 0.3 is 0 Å². The van der Waals surface area contributed by atoms with E-state index in [1.165, 1.54) is 28.8 Å². The molecule has 1 amide bonds. The summed E-state index contributed by atoms with van der Waals surface area (Å²) in [4.78, 5) is 29.8. The van der Waals surface area contributed by atoms with E-state index in [4.69, 9.17) is 16.3 Å². The monoisotopic (exact) mass is 557 g/mol. The number of ether oxygens (including phenoxy) is 1. The molecule has 34 heavy (non-hydrogen) atoms. The minimum Gasteiger partial charge on any atom is -0.488 e. The number of thioether (sulfide) groups is 1. The number of nitro groups is 1. The molecule has 1 saturated heterocycles. The van der Waals surface area contributed by atoms with Crippen molar-refractivity contribution in [3.63, 3.8) is 0 Å². The molecule has 0 N–H and O–H groups in total. The Kier molecular flexibility index (Phi) is 7.35. The first-order valence-electron chi connectivity index (χ1n) is 9.98. The number of aliphatic imine (C=N–C) groups is 1. The van der Waals surface area contributed by atoms with Gasteiger partial charge in [-0.3, -0.25) is 19.8 Å². The van der Waals surface area contributed by atoms with Crippen LogP contribution in [0.2, 0.25) is 5.02 Å². The van der Waals surface area contributed by atoms with E-state index in [0.717, 1.165) is 15.6 Å². The summed E-state index contributed by atoms with van der Waals surface area (Å²) in [7, 11) is 1.67. The first-order valence-corrected chi connectivity index (χ1v) is 12.0. The number of halogens is 2. The first kappa shape index (κ1) is 24.0. The Morgan fingerprint density at radius 1 is 1.18 bits per heavy atom. The summed E-state index contributed by atoms with van der Waals surface area (Å²) >= 11 is 10.8. The number of amides is 1. The molecule has 4 rings (SSSR count). The lowest BCUT2D eigenvalue weighted by Crippen LogP contribution is -2.23. The van der Waals surface area contributed by atoms with Crippen LogP contribution in [-0.2, 0) is 11.4 Å². The number of non-ortho nitro benzene ring substituents is 1. The number of carbonyl (C=O) groups is 1. The van der Waals surface area contributed by atoms with Gasteiger partial charge in [-0.15, -0.1) is 0 Å². The van der Waals surface area contributed by atoms with Crippen molar-refractivity contribution in [2.45, 2.75) is 6.61 Å². The highest BCUT2D eigenvalue weighted by molar-refractivity contribution is 9.10. The van der Waals surface area contributed by atoms with E-state index in [9.17, 15) is 14.9 Å². The van der Waals surface area contributed by atoms with Crippen molar-refractivity contribution >= 4 is 67.8 Å². The van der Waals surface area contributed by atoms with Crippen LogP contribution in [-0.4, -0.2) is 27.9 Å². The van der Waals surface area contributed by atoms with Crippen molar-refractivity contribution in [3.05, 3.63) is 102 Å². The third kappa shape index (κ3) is 5.49. The van der Waals surface area contributed by atoms with Crippen LogP contribution in [0.15, 0.2) is 81.1 Å². The van der Waals surface area contributed by atoms with Crippen LogP contribution in [0, 0.1) is 10.1 Å². The van der Waals surface area contributed by atoms with Gasteiger partial charge in [0.2, 0.25) is 0 Å². The van der Waals surface area contributed by atoms with Crippen molar-refractivity contribution in [2.24, 2.45) is 4.99 Å². The zero-order valence-corrected chi connectivity index (χ0v) is 20.9. The average Bonchev–Trinajstić information content (AvgIpc) is 3.09. The van der Waals surface area contributed by atoms with Gasteiger partial charge in [-0.25, -0.2) is 4.99 Å². The molecular formula is C24H17BrClN3O4S. The van der Waals surface area contributed by atoms with Gasteiger partial charge in [-0.2, -0.15) is 0 Å².